The van der Waals surface area contributed by atoms with Crippen LogP contribution in [0.3, 0.4) is 0 Å². The molecule has 126 valence electrons. The summed E-state index contributed by atoms with van der Waals surface area (Å²) in [5.41, 5.74) is 0.357. The highest BCUT2D eigenvalue weighted by atomic mass is 32.2. The summed E-state index contributed by atoms with van der Waals surface area (Å²) in [5.74, 6) is 0.174. The lowest BCUT2D eigenvalue weighted by molar-refractivity contribution is -0.127. The van der Waals surface area contributed by atoms with Crippen molar-refractivity contribution in [3.63, 3.8) is 0 Å². The van der Waals surface area contributed by atoms with Crippen molar-refractivity contribution < 1.29 is 17.7 Å². The average Bonchev–Trinajstić information content (AvgIpc) is 2.87. The lowest BCUT2D eigenvalue weighted by atomic mass is 10.3. The molecule has 1 aromatic heterocycles. The Bertz CT molecular complexity index is 706. The Morgan fingerprint density at radius 2 is 1.83 bits per heavy atom. The molecule has 1 aliphatic rings. The first-order valence-corrected chi connectivity index (χ1v) is 8.83. The molecular formula is C15H21N3O4S. The van der Waals surface area contributed by atoms with E-state index in [1.807, 2.05) is 13.0 Å². The summed E-state index contributed by atoms with van der Waals surface area (Å²) in [6.07, 6.45) is 6.77. The number of hydrogen-bond donors (Lipinski definition) is 0. The van der Waals surface area contributed by atoms with Crippen molar-refractivity contribution in [2.75, 3.05) is 26.2 Å². The van der Waals surface area contributed by atoms with Gasteiger partial charge in [-0.3, -0.25) is 4.79 Å². The molecule has 0 N–H and O–H groups in total. The van der Waals surface area contributed by atoms with Crippen molar-refractivity contribution >= 4 is 15.9 Å². The largest absolute Gasteiger partial charge is 0.360 e. The number of carbonyl (C=O) groups is 1. The van der Waals surface area contributed by atoms with Gasteiger partial charge in [0.2, 0.25) is 15.9 Å². The van der Waals surface area contributed by atoms with Gasteiger partial charge in [0.25, 0.3) is 0 Å². The van der Waals surface area contributed by atoms with Gasteiger partial charge in [-0.25, -0.2) is 8.42 Å². The lowest BCUT2D eigenvalue weighted by Gasteiger charge is -2.33. The molecule has 23 heavy (non-hydrogen) atoms. The zero-order valence-electron chi connectivity index (χ0n) is 13.5. The van der Waals surface area contributed by atoms with E-state index in [0.717, 1.165) is 0 Å². The standard InChI is InChI=1S/C15H21N3O4S/c1-4-5-6-7-14(19)17-8-10-18(11-9-17)23(20,21)15-12(2)16-22-13(15)3/h4-7H,8-11H2,1-3H3/b5-4+,7-6+. The van der Waals surface area contributed by atoms with Crippen molar-refractivity contribution in [3.05, 3.63) is 35.8 Å². The smallest absolute Gasteiger partial charge is 0.248 e. The van der Waals surface area contributed by atoms with E-state index < -0.39 is 10.0 Å². The molecule has 1 fully saturated rings. The quantitative estimate of drug-likeness (QED) is 0.609. The number of piperazine rings is 1. The predicted molar refractivity (Wildman–Crippen MR) is 85.3 cm³/mol. The molecule has 0 aliphatic carbocycles. The zero-order chi connectivity index (χ0) is 17.0. The number of nitrogens with zero attached hydrogens (tertiary/aromatic N) is 3. The molecule has 2 rings (SSSR count). The van der Waals surface area contributed by atoms with Crippen molar-refractivity contribution in [2.24, 2.45) is 0 Å². The van der Waals surface area contributed by atoms with Gasteiger partial charge >= 0.3 is 0 Å². The van der Waals surface area contributed by atoms with Crippen LogP contribution in [0.4, 0.5) is 0 Å². The normalized spacial score (nSPS) is 17.4. The molecule has 0 saturated carbocycles. The monoisotopic (exact) mass is 339 g/mol. The summed E-state index contributed by atoms with van der Waals surface area (Å²) in [7, 11) is -3.64. The number of allylic oxidation sites excluding steroid dienone is 3. The zero-order valence-corrected chi connectivity index (χ0v) is 14.3. The molecule has 0 radical (unpaired) electrons. The summed E-state index contributed by atoms with van der Waals surface area (Å²) >= 11 is 0. The van der Waals surface area contributed by atoms with Crippen LogP contribution >= 0.6 is 0 Å². The Morgan fingerprint density at radius 1 is 1.17 bits per heavy atom. The van der Waals surface area contributed by atoms with Gasteiger partial charge in [-0.2, -0.15) is 4.31 Å². The molecule has 0 bridgehead atoms. The van der Waals surface area contributed by atoms with Crippen LogP contribution in [0.2, 0.25) is 0 Å². The topological polar surface area (TPSA) is 83.7 Å². The summed E-state index contributed by atoms with van der Waals surface area (Å²) in [6.45, 7) is 6.30. The van der Waals surface area contributed by atoms with Crippen LogP contribution in [-0.4, -0.2) is 54.9 Å². The fourth-order valence-corrected chi connectivity index (χ4v) is 4.19. The van der Waals surface area contributed by atoms with E-state index in [4.69, 9.17) is 4.52 Å². The van der Waals surface area contributed by atoms with Crippen molar-refractivity contribution in [1.82, 2.24) is 14.4 Å². The summed E-state index contributed by atoms with van der Waals surface area (Å²) in [6, 6.07) is 0. The molecule has 0 unspecified atom stereocenters. The first-order valence-electron chi connectivity index (χ1n) is 7.39. The van der Waals surface area contributed by atoms with Gasteiger partial charge < -0.3 is 9.42 Å². The molecule has 8 heteroatoms. The van der Waals surface area contributed by atoms with E-state index >= 15 is 0 Å². The highest BCUT2D eigenvalue weighted by Gasteiger charge is 2.33. The fraction of sp³-hybridized carbons (Fsp3) is 0.467. The lowest BCUT2D eigenvalue weighted by Crippen LogP contribution is -2.50. The van der Waals surface area contributed by atoms with Crippen LogP contribution in [-0.2, 0) is 14.8 Å². The molecule has 1 aromatic rings. The van der Waals surface area contributed by atoms with Crippen LogP contribution in [0.25, 0.3) is 0 Å². The van der Waals surface area contributed by atoms with Crippen molar-refractivity contribution in [2.45, 2.75) is 25.7 Å². The van der Waals surface area contributed by atoms with Crippen LogP contribution < -0.4 is 0 Å². The number of aryl methyl sites for hydroxylation is 2. The third-order valence-corrected chi connectivity index (χ3v) is 5.80. The van der Waals surface area contributed by atoms with Gasteiger partial charge in [0.05, 0.1) is 0 Å². The first-order chi connectivity index (χ1) is 10.9. The van der Waals surface area contributed by atoms with Crippen LogP contribution in [0.1, 0.15) is 18.4 Å². The summed E-state index contributed by atoms with van der Waals surface area (Å²) < 4.78 is 31.7. The van der Waals surface area contributed by atoms with E-state index in [1.54, 1.807) is 30.9 Å². The van der Waals surface area contributed by atoms with E-state index in [-0.39, 0.29) is 29.7 Å². The van der Waals surface area contributed by atoms with Crippen LogP contribution in [0.5, 0.6) is 0 Å². The van der Waals surface area contributed by atoms with E-state index in [1.165, 1.54) is 10.4 Å². The molecule has 7 nitrogen and oxygen atoms in total. The molecule has 0 aromatic carbocycles. The molecule has 1 amide bonds. The second-order valence-corrected chi connectivity index (χ2v) is 7.14. The minimum Gasteiger partial charge on any atom is -0.360 e. The van der Waals surface area contributed by atoms with Gasteiger partial charge in [-0.15, -0.1) is 0 Å². The second-order valence-electron chi connectivity index (χ2n) is 5.27. The predicted octanol–water partition coefficient (Wildman–Crippen LogP) is 1.26. The maximum Gasteiger partial charge on any atom is 0.248 e. The SMILES string of the molecule is C/C=C/C=C/C(=O)N1CCN(S(=O)(=O)c2c(C)noc2C)CC1. The highest BCUT2D eigenvalue weighted by molar-refractivity contribution is 7.89. The maximum atomic E-state index is 12.7. The molecule has 2 heterocycles. The van der Waals surface area contributed by atoms with E-state index in [0.29, 0.717) is 18.8 Å². The molecule has 0 atom stereocenters. The highest BCUT2D eigenvalue weighted by Crippen LogP contribution is 2.24. The Labute approximate surface area is 136 Å². The van der Waals surface area contributed by atoms with Gasteiger partial charge in [-0.1, -0.05) is 23.4 Å². The molecule has 0 spiro atoms. The average molecular weight is 339 g/mol. The van der Waals surface area contributed by atoms with Crippen LogP contribution in [0, 0.1) is 13.8 Å². The Kier molecular flexibility index (Phi) is 5.38. The van der Waals surface area contributed by atoms with E-state index in [2.05, 4.69) is 5.16 Å². The van der Waals surface area contributed by atoms with Gasteiger partial charge in [0, 0.05) is 32.3 Å². The minimum atomic E-state index is -3.64. The maximum absolute atomic E-state index is 12.7. The molecule has 1 aliphatic heterocycles. The Balaban J connectivity index is 2.06. The fourth-order valence-electron chi connectivity index (χ4n) is 2.48. The van der Waals surface area contributed by atoms with Crippen molar-refractivity contribution in [3.8, 4) is 0 Å². The molecular weight excluding hydrogens is 318 g/mol. The number of amides is 1. The summed E-state index contributed by atoms with van der Waals surface area (Å²) in [5, 5.41) is 3.70. The van der Waals surface area contributed by atoms with E-state index in [9.17, 15) is 13.2 Å². The summed E-state index contributed by atoms with van der Waals surface area (Å²) in [4.78, 5) is 13.7. The van der Waals surface area contributed by atoms with Gasteiger partial charge in [0.1, 0.15) is 10.6 Å². The third-order valence-electron chi connectivity index (χ3n) is 3.66. The van der Waals surface area contributed by atoms with Gasteiger partial charge in [-0.05, 0) is 20.8 Å². The molecule has 1 saturated heterocycles. The first kappa shape index (κ1) is 17.4. The third kappa shape index (κ3) is 3.70. The van der Waals surface area contributed by atoms with Crippen molar-refractivity contribution in [1.29, 1.82) is 0 Å². The minimum absolute atomic E-state index is 0.113. The Hall–Kier alpha value is -1.93. The Morgan fingerprint density at radius 3 is 2.35 bits per heavy atom. The van der Waals surface area contributed by atoms with Gasteiger partial charge in [0.15, 0.2) is 5.76 Å². The van der Waals surface area contributed by atoms with Crippen LogP contribution in [0.15, 0.2) is 33.7 Å². The number of sulfonamides is 1. The number of aromatic nitrogens is 1. The number of carbonyl (C=O) groups excluding carboxylic acids is 1. The second kappa shape index (κ2) is 7.10. The number of rotatable bonds is 4. The number of hydrogen-bond acceptors (Lipinski definition) is 5.